The number of hydrogen-bond donors (Lipinski definition) is 0. The molecule has 0 aromatic carbocycles. The van der Waals surface area contributed by atoms with E-state index >= 15 is 0 Å². The van der Waals surface area contributed by atoms with Crippen molar-refractivity contribution < 1.29 is 14.2 Å². The van der Waals surface area contributed by atoms with Gasteiger partial charge in [0.05, 0.1) is 19.4 Å². The van der Waals surface area contributed by atoms with Crippen molar-refractivity contribution in [3.8, 4) is 17.4 Å². The van der Waals surface area contributed by atoms with Crippen LogP contribution in [0.15, 0.2) is 12.3 Å². The van der Waals surface area contributed by atoms with Crippen LogP contribution in [0, 0.1) is 0 Å². The fourth-order valence-corrected chi connectivity index (χ4v) is 1.43. The van der Waals surface area contributed by atoms with E-state index in [0.717, 1.165) is 12.8 Å². The van der Waals surface area contributed by atoms with Gasteiger partial charge in [0.2, 0.25) is 0 Å². The van der Waals surface area contributed by atoms with Crippen LogP contribution >= 0.6 is 0 Å². The molecule has 1 heterocycles. The molecule has 1 aromatic rings. The van der Waals surface area contributed by atoms with Gasteiger partial charge in [-0.05, 0) is 33.6 Å². The van der Waals surface area contributed by atoms with Crippen molar-refractivity contribution in [3.05, 3.63) is 12.3 Å². The van der Waals surface area contributed by atoms with Gasteiger partial charge in [-0.15, -0.1) is 0 Å². The first-order valence-electron chi connectivity index (χ1n) is 5.87. The van der Waals surface area contributed by atoms with Crippen LogP contribution in [0.1, 0.15) is 33.6 Å². The first kappa shape index (κ1) is 12.0. The van der Waals surface area contributed by atoms with Crippen molar-refractivity contribution in [2.24, 2.45) is 0 Å². The van der Waals surface area contributed by atoms with Crippen LogP contribution in [0.4, 0.5) is 0 Å². The van der Waals surface area contributed by atoms with Gasteiger partial charge >= 0.3 is 0 Å². The second kappa shape index (κ2) is 4.43. The SMILES string of the molecule is COc1ncc(OC(C)(C)C)cc1OC1CC1. The standard InChI is InChI=1S/C13H19NO3/c1-13(2,3)17-10-7-11(16-9-5-6-9)12(15-4)14-8-10/h7-9H,5-6H2,1-4H3. The average molecular weight is 237 g/mol. The predicted octanol–water partition coefficient (Wildman–Crippen LogP) is 2.81. The molecule has 2 rings (SSSR count). The zero-order valence-electron chi connectivity index (χ0n) is 10.8. The molecule has 4 nitrogen and oxygen atoms in total. The van der Waals surface area contributed by atoms with E-state index in [2.05, 4.69) is 4.98 Å². The Balaban J connectivity index is 2.17. The maximum Gasteiger partial charge on any atom is 0.256 e. The zero-order chi connectivity index (χ0) is 12.5. The molecule has 1 aliphatic rings. The normalized spacial score (nSPS) is 15.5. The summed E-state index contributed by atoms with van der Waals surface area (Å²) in [6.07, 6.45) is 4.18. The maximum absolute atomic E-state index is 5.75. The molecule has 0 saturated heterocycles. The summed E-state index contributed by atoms with van der Waals surface area (Å²) in [4.78, 5) is 4.19. The minimum atomic E-state index is -0.243. The molecule has 1 aromatic heterocycles. The highest BCUT2D eigenvalue weighted by Crippen LogP contribution is 2.35. The molecular formula is C13H19NO3. The van der Waals surface area contributed by atoms with E-state index in [4.69, 9.17) is 14.2 Å². The highest BCUT2D eigenvalue weighted by molar-refractivity contribution is 5.39. The summed E-state index contributed by atoms with van der Waals surface area (Å²) in [6, 6.07) is 1.84. The van der Waals surface area contributed by atoms with Crippen LogP contribution in [0.2, 0.25) is 0 Å². The Bertz CT molecular complexity index is 394. The van der Waals surface area contributed by atoms with Crippen LogP contribution in [-0.4, -0.2) is 23.8 Å². The third-order valence-electron chi connectivity index (χ3n) is 2.23. The van der Waals surface area contributed by atoms with Gasteiger partial charge in [0.25, 0.3) is 5.88 Å². The summed E-state index contributed by atoms with van der Waals surface area (Å²) in [7, 11) is 1.59. The van der Waals surface area contributed by atoms with Crippen molar-refractivity contribution in [3.63, 3.8) is 0 Å². The number of aromatic nitrogens is 1. The van der Waals surface area contributed by atoms with Crippen molar-refractivity contribution >= 4 is 0 Å². The first-order valence-corrected chi connectivity index (χ1v) is 5.87. The van der Waals surface area contributed by atoms with Crippen molar-refractivity contribution in [1.29, 1.82) is 0 Å². The highest BCUT2D eigenvalue weighted by atomic mass is 16.5. The van der Waals surface area contributed by atoms with E-state index in [1.165, 1.54) is 0 Å². The third kappa shape index (κ3) is 3.51. The molecular weight excluding hydrogens is 218 g/mol. The monoisotopic (exact) mass is 237 g/mol. The maximum atomic E-state index is 5.75. The number of rotatable bonds is 4. The largest absolute Gasteiger partial charge is 0.486 e. The van der Waals surface area contributed by atoms with Gasteiger partial charge in [-0.3, -0.25) is 0 Å². The molecule has 0 radical (unpaired) electrons. The second-order valence-electron chi connectivity index (χ2n) is 5.21. The lowest BCUT2D eigenvalue weighted by Crippen LogP contribution is -2.23. The van der Waals surface area contributed by atoms with Crippen LogP contribution in [0.25, 0.3) is 0 Å². The second-order valence-corrected chi connectivity index (χ2v) is 5.21. The lowest BCUT2D eigenvalue weighted by atomic mass is 10.2. The quantitative estimate of drug-likeness (QED) is 0.807. The van der Waals surface area contributed by atoms with Gasteiger partial charge in [0.1, 0.15) is 11.4 Å². The molecule has 0 unspecified atom stereocenters. The molecule has 1 aliphatic carbocycles. The number of ether oxygens (including phenoxy) is 3. The van der Waals surface area contributed by atoms with Gasteiger partial charge in [-0.2, -0.15) is 0 Å². The van der Waals surface area contributed by atoms with E-state index in [1.807, 2.05) is 26.8 Å². The van der Waals surface area contributed by atoms with Crippen molar-refractivity contribution in [1.82, 2.24) is 4.98 Å². The number of nitrogens with zero attached hydrogens (tertiary/aromatic N) is 1. The molecule has 0 spiro atoms. The molecule has 0 bridgehead atoms. The number of pyridine rings is 1. The smallest absolute Gasteiger partial charge is 0.256 e. The van der Waals surface area contributed by atoms with Crippen LogP contribution in [-0.2, 0) is 0 Å². The Morgan fingerprint density at radius 2 is 2.00 bits per heavy atom. The van der Waals surface area contributed by atoms with E-state index in [-0.39, 0.29) is 5.60 Å². The molecule has 1 fully saturated rings. The Morgan fingerprint density at radius 3 is 2.53 bits per heavy atom. The molecule has 0 atom stereocenters. The summed E-state index contributed by atoms with van der Waals surface area (Å²) in [5, 5.41) is 0. The van der Waals surface area contributed by atoms with Gasteiger partial charge in [0, 0.05) is 6.07 Å². The van der Waals surface area contributed by atoms with Crippen LogP contribution in [0.3, 0.4) is 0 Å². The number of hydrogen-bond acceptors (Lipinski definition) is 4. The Labute approximate surface area is 102 Å². The third-order valence-corrected chi connectivity index (χ3v) is 2.23. The highest BCUT2D eigenvalue weighted by Gasteiger charge is 2.26. The molecule has 0 aliphatic heterocycles. The summed E-state index contributed by atoms with van der Waals surface area (Å²) >= 11 is 0. The number of methoxy groups -OCH3 is 1. The van der Waals surface area contributed by atoms with E-state index in [0.29, 0.717) is 23.5 Å². The van der Waals surface area contributed by atoms with E-state index in [1.54, 1.807) is 13.3 Å². The lowest BCUT2D eigenvalue weighted by molar-refractivity contribution is 0.129. The predicted molar refractivity (Wildman–Crippen MR) is 64.8 cm³/mol. The van der Waals surface area contributed by atoms with Gasteiger partial charge in [-0.1, -0.05) is 0 Å². The summed E-state index contributed by atoms with van der Waals surface area (Å²) in [6.45, 7) is 6.00. The minimum Gasteiger partial charge on any atom is -0.486 e. The van der Waals surface area contributed by atoms with E-state index < -0.39 is 0 Å². The molecule has 94 valence electrons. The zero-order valence-corrected chi connectivity index (χ0v) is 10.8. The lowest BCUT2D eigenvalue weighted by Gasteiger charge is -2.21. The fourth-order valence-electron chi connectivity index (χ4n) is 1.43. The Morgan fingerprint density at radius 1 is 1.29 bits per heavy atom. The molecule has 1 saturated carbocycles. The Hall–Kier alpha value is -1.45. The summed E-state index contributed by atoms with van der Waals surface area (Å²) in [5.41, 5.74) is -0.243. The molecule has 0 N–H and O–H groups in total. The van der Waals surface area contributed by atoms with Gasteiger partial charge in [0.15, 0.2) is 5.75 Å². The van der Waals surface area contributed by atoms with Crippen LogP contribution < -0.4 is 14.2 Å². The first-order chi connectivity index (χ1) is 7.98. The minimum absolute atomic E-state index is 0.243. The average Bonchev–Trinajstić information content (AvgIpc) is 3.00. The molecule has 0 amide bonds. The summed E-state index contributed by atoms with van der Waals surface area (Å²) < 4.78 is 16.6. The van der Waals surface area contributed by atoms with Gasteiger partial charge < -0.3 is 14.2 Å². The van der Waals surface area contributed by atoms with Crippen LogP contribution in [0.5, 0.6) is 17.4 Å². The van der Waals surface area contributed by atoms with Gasteiger partial charge in [-0.25, -0.2) is 4.98 Å². The molecule has 4 heteroatoms. The summed E-state index contributed by atoms with van der Waals surface area (Å²) in [5.74, 6) is 1.88. The molecule has 17 heavy (non-hydrogen) atoms. The topological polar surface area (TPSA) is 40.6 Å². The van der Waals surface area contributed by atoms with E-state index in [9.17, 15) is 0 Å². The van der Waals surface area contributed by atoms with Crippen molar-refractivity contribution in [2.45, 2.75) is 45.3 Å². The Kier molecular flexibility index (Phi) is 3.13. The van der Waals surface area contributed by atoms with Crippen molar-refractivity contribution in [2.75, 3.05) is 7.11 Å². The fraction of sp³-hybridized carbons (Fsp3) is 0.615.